The molecule has 4 aliphatic rings. The first-order valence-corrected chi connectivity index (χ1v) is 15.9. The highest BCUT2D eigenvalue weighted by atomic mass is 16.3. The quantitative estimate of drug-likeness (QED) is 0.395. The Morgan fingerprint density at radius 2 is 1.62 bits per heavy atom. The lowest BCUT2D eigenvalue weighted by atomic mass is 9.33. The summed E-state index contributed by atoms with van der Waals surface area (Å²) in [5.74, 6) is 4.56. The van der Waals surface area contributed by atoms with Crippen LogP contribution in [0, 0.1) is 81.3 Å². The van der Waals surface area contributed by atoms with Crippen LogP contribution in [0.3, 0.4) is 0 Å². The van der Waals surface area contributed by atoms with Crippen molar-refractivity contribution in [2.24, 2.45) is 81.3 Å². The van der Waals surface area contributed by atoms with Crippen molar-refractivity contribution in [1.82, 2.24) is 0 Å². The predicted molar refractivity (Wildman–Crippen MR) is 153 cm³/mol. The molecule has 3 heteroatoms. The van der Waals surface area contributed by atoms with Gasteiger partial charge in [-0.25, -0.2) is 0 Å². The molecule has 0 aromatic heterocycles. The van der Waals surface area contributed by atoms with E-state index in [1.54, 1.807) is 6.92 Å². The third-order valence-corrected chi connectivity index (χ3v) is 13.6. The zero-order valence-electron chi connectivity index (χ0n) is 26.1. The first-order valence-electron chi connectivity index (χ1n) is 15.9. The fourth-order valence-corrected chi connectivity index (χ4v) is 11.8. The van der Waals surface area contributed by atoms with Gasteiger partial charge >= 0.3 is 0 Å². The average molecular weight is 517 g/mol. The van der Waals surface area contributed by atoms with Crippen LogP contribution in [-0.2, 0) is 4.79 Å². The fraction of sp³-hybridized carbons (Fsp3) is 0.971. The summed E-state index contributed by atoms with van der Waals surface area (Å²) in [6.07, 6.45) is 6.15. The second-order valence-electron chi connectivity index (χ2n) is 16.4. The number of rotatable bonds is 5. The summed E-state index contributed by atoms with van der Waals surface area (Å²) in [5.41, 5.74) is -0.350. The predicted octanol–water partition coefficient (Wildman–Crippen LogP) is 7.63. The standard InChI is InChI=1S/C34H60O3/c1-18(2)12-13-24-14-25(19(3)4)26-16-32(9)17-33(10)15-20(5)27(23(8)35)31(37)34(33,11)22(7)29(32)30(36)28(26)21(24)6/h18-22,24-31,36-37H,12-17H2,1-11H3. The molecule has 4 rings (SSSR count). The molecule has 4 fully saturated rings. The smallest absolute Gasteiger partial charge is 0.135 e. The van der Waals surface area contributed by atoms with Crippen molar-refractivity contribution in [3.8, 4) is 0 Å². The first-order chi connectivity index (χ1) is 17.0. The van der Waals surface area contributed by atoms with Crippen LogP contribution in [0.15, 0.2) is 0 Å². The molecule has 0 amide bonds. The molecule has 0 aromatic rings. The third-order valence-electron chi connectivity index (χ3n) is 13.6. The lowest BCUT2D eigenvalue weighted by molar-refractivity contribution is -0.273. The molecule has 0 aliphatic heterocycles. The number of Topliss-reactive ketones (excluding diaryl/α,β-unsaturated/α-hetero) is 1. The topological polar surface area (TPSA) is 57.5 Å². The van der Waals surface area contributed by atoms with Gasteiger partial charge in [0.1, 0.15) is 5.78 Å². The summed E-state index contributed by atoms with van der Waals surface area (Å²) in [4.78, 5) is 12.7. The summed E-state index contributed by atoms with van der Waals surface area (Å²) in [6, 6.07) is 0. The Hall–Kier alpha value is -0.410. The molecule has 37 heavy (non-hydrogen) atoms. The Morgan fingerprint density at radius 3 is 2.16 bits per heavy atom. The zero-order chi connectivity index (χ0) is 27.8. The number of aliphatic hydroxyl groups excluding tert-OH is 2. The average Bonchev–Trinajstić information content (AvgIpc) is 2.74. The first kappa shape index (κ1) is 29.6. The molecule has 0 heterocycles. The number of carbonyl (C=O) groups is 1. The monoisotopic (exact) mass is 516 g/mol. The van der Waals surface area contributed by atoms with Crippen LogP contribution < -0.4 is 0 Å². The fourth-order valence-electron chi connectivity index (χ4n) is 11.8. The molecule has 3 nitrogen and oxygen atoms in total. The molecular weight excluding hydrogens is 456 g/mol. The highest BCUT2D eigenvalue weighted by molar-refractivity contribution is 5.79. The van der Waals surface area contributed by atoms with E-state index in [1.165, 1.54) is 25.7 Å². The maximum Gasteiger partial charge on any atom is 0.135 e. The van der Waals surface area contributed by atoms with Crippen molar-refractivity contribution in [1.29, 1.82) is 0 Å². The van der Waals surface area contributed by atoms with E-state index in [1.807, 2.05) is 0 Å². The summed E-state index contributed by atoms with van der Waals surface area (Å²) in [5, 5.41) is 24.4. The van der Waals surface area contributed by atoms with E-state index in [4.69, 9.17) is 0 Å². The van der Waals surface area contributed by atoms with Crippen molar-refractivity contribution >= 4 is 5.78 Å². The van der Waals surface area contributed by atoms with Crippen LogP contribution in [0.5, 0.6) is 0 Å². The van der Waals surface area contributed by atoms with Gasteiger partial charge in [-0.1, -0.05) is 75.7 Å². The second-order valence-corrected chi connectivity index (χ2v) is 16.4. The minimum Gasteiger partial charge on any atom is -0.392 e. The Bertz CT molecular complexity index is 850. The summed E-state index contributed by atoms with van der Waals surface area (Å²) in [7, 11) is 0. The molecule has 14 atom stereocenters. The number of fused-ring (bicyclic) bond motifs is 3. The Kier molecular flexibility index (Phi) is 7.91. The van der Waals surface area contributed by atoms with Gasteiger partial charge in [0.2, 0.25) is 0 Å². The van der Waals surface area contributed by atoms with Gasteiger partial charge in [0.15, 0.2) is 0 Å². The van der Waals surface area contributed by atoms with Crippen LogP contribution in [0.4, 0.5) is 0 Å². The molecule has 0 radical (unpaired) electrons. The van der Waals surface area contributed by atoms with Crippen molar-refractivity contribution < 1.29 is 15.0 Å². The normalized spacial score (nSPS) is 54.0. The van der Waals surface area contributed by atoms with Crippen molar-refractivity contribution in [3.05, 3.63) is 0 Å². The second kappa shape index (κ2) is 9.90. The van der Waals surface area contributed by atoms with Gasteiger partial charge in [0.25, 0.3) is 0 Å². The van der Waals surface area contributed by atoms with E-state index in [2.05, 4.69) is 69.2 Å². The summed E-state index contributed by atoms with van der Waals surface area (Å²) in [6.45, 7) is 25.3. The summed E-state index contributed by atoms with van der Waals surface area (Å²) < 4.78 is 0. The number of hydrogen-bond donors (Lipinski definition) is 2. The Morgan fingerprint density at radius 1 is 1.00 bits per heavy atom. The van der Waals surface area contributed by atoms with E-state index in [-0.39, 0.29) is 51.8 Å². The lowest BCUT2D eigenvalue weighted by Crippen LogP contribution is -2.70. The third kappa shape index (κ3) is 4.39. The maximum atomic E-state index is 12.7. The van der Waals surface area contributed by atoms with Gasteiger partial charge in [-0.2, -0.15) is 0 Å². The van der Waals surface area contributed by atoms with Crippen LogP contribution >= 0.6 is 0 Å². The van der Waals surface area contributed by atoms with Gasteiger partial charge in [0.05, 0.1) is 12.2 Å². The van der Waals surface area contributed by atoms with Crippen molar-refractivity contribution in [2.45, 2.75) is 127 Å². The van der Waals surface area contributed by atoms with Gasteiger partial charge in [-0.05, 0) is 109 Å². The largest absolute Gasteiger partial charge is 0.392 e. The molecule has 14 unspecified atom stereocenters. The highest BCUT2D eigenvalue weighted by Crippen LogP contribution is 2.73. The van der Waals surface area contributed by atoms with Crippen LogP contribution in [0.2, 0.25) is 0 Å². The van der Waals surface area contributed by atoms with E-state index < -0.39 is 6.10 Å². The van der Waals surface area contributed by atoms with E-state index in [9.17, 15) is 15.0 Å². The van der Waals surface area contributed by atoms with Gasteiger partial charge in [0, 0.05) is 11.3 Å². The van der Waals surface area contributed by atoms with Crippen LogP contribution in [-0.4, -0.2) is 28.2 Å². The molecule has 2 N–H and O–H groups in total. The maximum absolute atomic E-state index is 12.7. The summed E-state index contributed by atoms with van der Waals surface area (Å²) >= 11 is 0. The number of hydrogen-bond acceptors (Lipinski definition) is 3. The van der Waals surface area contributed by atoms with E-state index in [0.717, 1.165) is 18.8 Å². The number of aliphatic hydroxyl groups is 2. The lowest BCUT2D eigenvalue weighted by Gasteiger charge is -2.72. The molecule has 0 aromatic carbocycles. The molecule has 0 saturated heterocycles. The van der Waals surface area contributed by atoms with Crippen molar-refractivity contribution in [2.75, 3.05) is 0 Å². The van der Waals surface area contributed by atoms with Crippen LogP contribution in [0.25, 0.3) is 0 Å². The molecule has 0 bridgehead atoms. The van der Waals surface area contributed by atoms with E-state index >= 15 is 0 Å². The minimum absolute atomic E-state index is 0.0393. The molecule has 0 spiro atoms. The molecule has 214 valence electrons. The van der Waals surface area contributed by atoms with Crippen LogP contribution in [0.1, 0.15) is 115 Å². The highest BCUT2D eigenvalue weighted by Gasteiger charge is 2.70. The molecule has 4 aliphatic carbocycles. The van der Waals surface area contributed by atoms with Gasteiger partial charge in [-0.15, -0.1) is 0 Å². The minimum atomic E-state index is -0.644. The molecule has 4 saturated carbocycles. The Labute approximate surface area is 229 Å². The number of carbonyl (C=O) groups excluding carboxylic acids is 1. The SMILES string of the molecule is CC(=O)C1C(C)CC2(C)CC3(C)CC4C(C(C)C)CC(CCC(C)C)C(C)C4C(O)C3C(C)C2(C)C1O. The Balaban J connectivity index is 1.75. The van der Waals surface area contributed by atoms with Gasteiger partial charge in [-0.3, -0.25) is 4.79 Å². The van der Waals surface area contributed by atoms with E-state index in [0.29, 0.717) is 35.5 Å². The molecular formula is C34H60O3. The van der Waals surface area contributed by atoms with Gasteiger partial charge < -0.3 is 10.2 Å². The zero-order valence-corrected chi connectivity index (χ0v) is 26.1. The van der Waals surface area contributed by atoms with Crippen molar-refractivity contribution in [3.63, 3.8) is 0 Å². The number of ketones is 1.